The summed E-state index contributed by atoms with van der Waals surface area (Å²) in [7, 11) is 0. The minimum absolute atomic E-state index is 0. The van der Waals surface area contributed by atoms with Gasteiger partial charge in [0.05, 0.1) is 0 Å². The molecule has 0 N–H and O–H groups in total. The molecule has 0 fully saturated rings. The van der Waals surface area contributed by atoms with Crippen molar-refractivity contribution in [2.75, 3.05) is 0 Å². The number of hydrogen-bond acceptors (Lipinski definition) is 8. The van der Waals surface area contributed by atoms with Crippen molar-refractivity contribution in [3.8, 4) is 0 Å². The first-order valence-electron chi connectivity index (χ1n) is 1.89. The van der Waals surface area contributed by atoms with E-state index in [4.69, 9.17) is 39.6 Å². The van der Waals surface area contributed by atoms with E-state index >= 15 is 0 Å². The maximum absolute atomic E-state index is 8.25. The zero-order valence-electron chi connectivity index (χ0n) is 5.98. The van der Waals surface area contributed by atoms with Gasteiger partial charge < -0.3 is 39.6 Å². The van der Waals surface area contributed by atoms with E-state index in [1.54, 1.807) is 0 Å². The van der Waals surface area contributed by atoms with E-state index in [0.717, 1.165) is 0 Å². The number of hydrogen-bond donors (Lipinski definition) is 0. The summed E-state index contributed by atoms with van der Waals surface area (Å²) >= 11 is 0. The molecule has 0 amide bonds. The minimum Gasteiger partial charge on any atom is -0.554 e. The van der Waals surface area contributed by atoms with Crippen LogP contribution in [0.5, 0.6) is 0 Å². The van der Waals surface area contributed by atoms with Crippen LogP contribution in [0.1, 0.15) is 0 Å². The van der Waals surface area contributed by atoms with Gasteiger partial charge in [0.15, 0.2) is 0 Å². The van der Waals surface area contributed by atoms with Crippen LogP contribution >= 0.6 is 0 Å². The fraction of sp³-hybridized carbons (Fsp3) is 0. The molecule has 0 radical (unpaired) electrons. The van der Waals surface area contributed by atoms with Crippen LogP contribution < -0.4 is 20.4 Å². The van der Waals surface area contributed by atoms with E-state index in [1.165, 1.54) is 0 Å². The van der Waals surface area contributed by atoms with Gasteiger partial charge in [-0.05, 0) is 0 Å². The van der Waals surface area contributed by atoms with Gasteiger partial charge in [0.2, 0.25) is 0 Å². The summed E-state index contributed by atoms with van der Waals surface area (Å²) in [5.41, 5.74) is 0. The number of carboxylic acid groups (broad SMARTS) is 4. The van der Waals surface area contributed by atoms with Gasteiger partial charge in [0.1, 0.15) is 0 Å². The molecule has 0 aliphatic heterocycles. The molecule has 9 heteroatoms. The molecule has 0 saturated heterocycles. The molecular weight excluding hydrogens is 272 g/mol. The van der Waals surface area contributed by atoms with Crippen LogP contribution in [0, 0.1) is 0 Å². The van der Waals surface area contributed by atoms with Gasteiger partial charge in [-0.1, -0.05) is 0 Å². The topological polar surface area (TPSA) is 161 Å². The number of carbonyl (C=O) groups is 4. The Bertz CT molecular complexity index is 70.1. The predicted molar refractivity (Wildman–Crippen MR) is 24.3 cm³/mol. The summed E-state index contributed by atoms with van der Waals surface area (Å²) in [6.07, 6.45) is 0. The fourth-order valence-corrected chi connectivity index (χ4v) is 0. The summed E-state index contributed by atoms with van der Waals surface area (Å²) in [4.78, 5) is 33.0. The van der Waals surface area contributed by atoms with Crippen LogP contribution in [-0.4, -0.2) is 25.9 Å². The molecule has 0 aromatic rings. The molecule has 0 aromatic carbocycles. The van der Waals surface area contributed by atoms with Crippen LogP contribution in [0.25, 0.3) is 0 Å². The first-order chi connectivity index (χ1) is 5.66. The average Bonchev–Trinajstić information content (AvgIpc) is 1.92. The maximum Gasteiger partial charge on any atom is 4.00 e. The molecule has 0 heterocycles. The Hall–Kier alpha value is -1.43. The van der Waals surface area contributed by atoms with Crippen molar-refractivity contribution < 1.29 is 60.7 Å². The van der Waals surface area contributed by atoms with Gasteiger partial charge in [-0.25, -0.2) is 0 Å². The van der Waals surface area contributed by atoms with E-state index in [1.807, 2.05) is 0 Å². The third-order valence-electron chi connectivity index (χ3n) is 0. The molecule has 74 valence electrons. The molecule has 0 atom stereocenters. The number of rotatable bonds is 0. The van der Waals surface area contributed by atoms with Crippen molar-refractivity contribution in [2.24, 2.45) is 0 Å². The van der Waals surface area contributed by atoms with Crippen molar-refractivity contribution in [3.05, 3.63) is 0 Å². The Morgan fingerprint density at radius 3 is 0.538 bits per heavy atom. The van der Waals surface area contributed by atoms with Crippen LogP contribution in [0.3, 0.4) is 0 Å². The monoisotopic (exact) mass is 278 g/mol. The standard InChI is InChI=1S/4CH2O2.Mo/c4*2-1-3;/h4*1H,(H,2,3);/q;;;;+4/p-4. The van der Waals surface area contributed by atoms with Gasteiger partial charge in [0, 0.05) is 25.9 Å². The van der Waals surface area contributed by atoms with Gasteiger partial charge in [-0.15, -0.1) is 0 Å². The van der Waals surface area contributed by atoms with Crippen molar-refractivity contribution in [1.29, 1.82) is 0 Å². The molecular formula is C4H4MoO8. The second-order valence-corrected chi connectivity index (χ2v) is 0.385. The van der Waals surface area contributed by atoms with Gasteiger partial charge in [-0.3, -0.25) is 0 Å². The quantitative estimate of drug-likeness (QED) is 0.311. The smallest absolute Gasteiger partial charge is 0.554 e. The molecule has 0 bridgehead atoms. The molecule has 0 unspecified atom stereocenters. The molecule has 0 aromatic heterocycles. The van der Waals surface area contributed by atoms with Crippen molar-refractivity contribution >= 4 is 25.9 Å². The van der Waals surface area contributed by atoms with Crippen LogP contribution in [0.4, 0.5) is 0 Å². The SMILES string of the molecule is O=C[O-].O=C[O-].O=C[O-].O=C[O-].[Mo+4]. The summed E-state index contributed by atoms with van der Waals surface area (Å²) in [5.74, 6) is 0. The first kappa shape index (κ1) is 29.9. The third kappa shape index (κ3) is 379. The minimum atomic E-state index is -0.500. The van der Waals surface area contributed by atoms with E-state index in [0.29, 0.717) is 0 Å². The van der Waals surface area contributed by atoms with E-state index < -0.39 is 25.9 Å². The van der Waals surface area contributed by atoms with Gasteiger partial charge in [-0.2, -0.15) is 0 Å². The predicted octanol–water partition coefficient (Wildman–Crippen LogP) is -6.54. The summed E-state index contributed by atoms with van der Waals surface area (Å²) < 4.78 is 0. The Labute approximate surface area is 87.1 Å². The zero-order chi connectivity index (χ0) is 10.8. The van der Waals surface area contributed by atoms with E-state index in [9.17, 15) is 0 Å². The van der Waals surface area contributed by atoms with Gasteiger partial charge >= 0.3 is 21.1 Å². The normalized spacial score (nSPS) is 3.69. The molecule has 0 saturated carbocycles. The second-order valence-electron chi connectivity index (χ2n) is 0.385. The Morgan fingerprint density at radius 2 is 0.538 bits per heavy atom. The second kappa shape index (κ2) is 147. The van der Waals surface area contributed by atoms with Crippen LogP contribution in [0.2, 0.25) is 0 Å². The summed E-state index contributed by atoms with van der Waals surface area (Å²) in [5, 5.41) is 33.0. The van der Waals surface area contributed by atoms with E-state index in [-0.39, 0.29) is 21.1 Å². The zero-order valence-corrected chi connectivity index (χ0v) is 7.99. The first-order valence-corrected chi connectivity index (χ1v) is 1.89. The van der Waals surface area contributed by atoms with E-state index in [2.05, 4.69) is 0 Å². The van der Waals surface area contributed by atoms with Crippen LogP contribution in [0.15, 0.2) is 0 Å². The largest absolute Gasteiger partial charge is 4.00 e. The molecule has 8 nitrogen and oxygen atoms in total. The molecule has 13 heavy (non-hydrogen) atoms. The Kier molecular flexibility index (Phi) is 338. The third-order valence-corrected chi connectivity index (χ3v) is 0. The molecule has 0 rings (SSSR count). The van der Waals surface area contributed by atoms with Crippen molar-refractivity contribution in [3.63, 3.8) is 0 Å². The van der Waals surface area contributed by atoms with Gasteiger partial charge in [0.25, 0.3) is 0 Å². The molecule has 0 aliphatic carbocycles. The maximum atomic E-state index is 8.25. The van der Waals surface area contributed by atoms with Crippen LogP contribution in [-0.2, 0) is 40.2 Å². The fourth-order valence-electron chi connectivity index (χ4n) is 0. The summed E-state index contributed by atoms with van der Waals surface area (Å²) in [6.45, 7) is -2.00. The van der Waals surface area contributed by atoms with Crippen molar-refractivity contribution in [2.45, 2.75) is 0 Å². The Balaban J connectivity index is -0.0000000213. The Morgan fingerprint density at radius 1 is 0.538 bits per heavy atom. The molecule has 0 spiro atoms. The average molecular weight is 276 g/mol. The number of carbonyl (C=O) groups excluding carboxylic acids is 4. The van der Waals surface area contributed by atoms with Crippen molar-refractivity contribution in [1.82, 2.24) is 0 Å². The summed E-state index contributed by atoms with van der Waals surface area (Å²) in [6, 6.07) is 0. The molecule has 0 aliphatic rings.